The second kappa shape index (κ2) is 10.4. The average molecular weight is 589 g/mol. The molecule has 1 heterocycles. The van der Waals surface area contributed by atoms with Crippen molar-refractivity contribution in [1.29, 1.82) is 0 Å². The lowest BCUT2D eigenvalue weighted by Gasteiger charge is -2.20. The van der Waals surface area contributed by atoms with E-state index in [2.05, 4.69) is 0 Å². The third kappa shape index (κ3) is 4.02. The van der Waals surface area contributed by atoms with E-state index in [0.717, 1.165) is 0 Å². The summed E-state index contributed by atoms with van der Waals surface area (Å²) in [4.78, 5) is 0. The molecule has 1 aromatic heterocycles. The first-order chi connectivity index (χ1) is 29.0. The molecule has 0 saturated carbocycles. The molecule has 0 amide bonds. The minimum atomic E-state index is -0.703. The molecule has 0 bridgehead atoms. The third-order valence-corrected chi connectivity index (χ3v) is 8.03. The predicted octanol–water partition coefficient (Wildman–Crippen LogP) is 12.6. The van der Waals surface area contributed by atoms with E-state index in [1.165, 1.54) is 0 Å². The minimum Gasteiger partial charge on any atom is -0.456 e. The van der Waals surface area contributed by atoms with Crippen molar-refractivity contribution in [3.8, 4) is 44.5 Å². The van der Waals surface area contributed by atoms with E-state index in [0.29, 0.717) is 43.8 Å². The van der Waals surface area contributed by atoms with Crippen LogP contribution in [0.25, 0.3) is 88.0 Å². The Kier molecular flexibility index (Phi) is 3.28. The molecule has 9 rings (SSSR count). The summed E-state index contributed by atoms with van der Waals surface area (Å²) in [5.41, 5.74) is 0.497. The van der Waals surface area contributed by atoms with Gasteiger partial charge in [0.2, 0.25) is 0 Å². The second-order valence-electron chi connectivity index (χ2n) is 10.4. The van der Waals surface area contributed by atoms with E-state index in [1.807, 2.05) is 12.1 Å². The zero-order valence-corrected chi connectivity index (χ0v) is 23.3. The van der Waals surface area contributed by atoms with E-state index in [4.69, 9.17) is 25.0 Å². The van der Waals surface area contributed by atoms with Crippen molar-refractivity contribution >= 4 is 43.5 Å². The normalized spacial score (nSPS) is 16.5. The lowest BCUT2D eigenvalue weighted by atomic mass is 9.83. The summed E-state index contributed by atoms with van der Waals surface area (Å²) in [5.74, 6) is 0. The van der Waals surface area contributed by atoms with Crippen molar-refractivity contribution in [3.05, 3.63) is 169 Å². The highest BCUT2D eigenvalue weighted by Crippen LogP contribution is 2.49. The van der Waals surface area contributed by atoms with Crippen molar-refractivity contribution in [3.63, 3.8) is 0 Å². The molecule has 0 unspecified atom stereocenters. The Morgan fingerprint density at radius 3 is 1.33 bits per heavy atom. The number of benzene rings is 8. The molecule has 1 heteroatoms. The lowest BCUT2D eigenvalue weighted by molar-refractivity contribution is 0.669. The highest BCUT2D eigenvalue weighted by Gasteiger charge is 2.22. The molecule has 9 aromatic rings. The van der Waals surface area contributed by atoms with Crippen LogP contribution in [0.15, 0.2) is 174 Å². The van der Waals surface area contributed by atoms with Gasteiger partial charge in [-0.25, -0.2) is 0 Å². The second-order valence-corrected chi connectivity index (χ2v) is 10.4. The first-order valence-electron chi connectivity index (χ1n) is 22.1. The van der Waals surface area contributed by atoms with Crippen LogP contribution in [0.1, 0.15) is 21.9 Å². The van der Waals surface area contributed by atoms with Gasteiger partial charge in [-0.15, -0.1) is 0 Å². The van der Waals surface area contributed by atoms with Crippen LogP contribution in [0.4, 0.5) is 0 Å². The fourth-order valence-electron chi connectivity index (χ4n) is 6.25. The highest BCUT2D eigenvalue weighted by molar-refractivity contribution is 6.27. The molecule has 0 spiro atoms. The summed E-state index contributed by atoms with van der Waals surface area (Å²) in [6, 6.07) is 12.1. The van der Waals surface area contributed by atoms with Crippen LogP contribution in [0, 0.1) is 0 Å². The molecule has 0 aliphatic heterocycles. The summed E-state index contributed by atoms with van der Waals surface area (Å²) in [7, 11) is 0. The Morgan fingerprint density at radius 1 is 0.356 bits per heavy atom. The van der Waals surface area contributed by atoms with Crippen LogP contribution in [0.5, 0.6) is 0 Å². The summed E-state index contributed by atoms with van der Waals surface area (Å²) in [6.45, 7) is 0. The molecule has 210 valence electrons. The van der Waals surface area contributed by atoms with Gasteiger partial charge in [0.05, 0.1) is 21.9 Å². The van der Waals surface area contributed by atoms with Crippen molar-refractivity contribution in [2.45, 2.75) is 0 Å². The molecule has 0 aliphatic rings. The molecule has 0 saturated heterocycles. The molecule has 0 atom stereocenters. The maximum atomic E-state index is 9.56. The quantitative estimate of drug-likeness (QED) is 0.186. The zero-order valence-electron chi connectivity index (χ0n) is 39.3. The minimum absolute atomic E-state index is 0.00456. The molecule has 1 nitrogen and oxygen atoms in total. The van der Waals surface area contributed by atoms with Crippen molar-refractivity contribution < 1.29 is 26.3 Å². The Morgan fingerprint density at radius 2 is 0.778 bits per heavy atom. The molecule has 0 radical (unpaired) electrons. The largest absolute Gasteiger partial charge is 0.456 e. The fourth-order valence-corrected chi connectivity index (χ4v) is 6.25. The van der Waals surface area contributed by atoms with Gasteiger partial charge in [0.25, 0.3) is 0 Å². The standard InChI is InChI=1S/C44H28O/c1-3-15-29(16-4-1)31-19-7-8-20-33(31)41-34-21-9-11-23-36(34)42(37-24-12-10-22-35(37)41)38-26-14-28-40-44(38)43-32(25-13-27-39(43)45-40)30-17-5-2-6-18-30/h1-28H/i1D,2D,3D,4D,5D,6D,13D,14D,15D,16D,17D,18D,25D,26D,27D,28D. The van der Waals surface area contributed by atoms with Crippen LogP contribution in [-0.2, 0) is 0 Å². The van der Waals surface area contributed by atoms with Gasteiger partial charge in [-0.1, -0.05) is 157 Å². The molecular weight excluding hydrogens is 544 g/mol. The SMILES string of the molecule is [2H]c1c([2H])c([2H])c(-c2ccccc2-c2c3ccccc3c(-c3c([2H])c([2H])c([2H])c4oc5c([2H])c([2H])c([2H])c(-c6c([2H])c([2H])c([2H])c([2H])c6[2H])c5c34)c3ccccc23)c([2H])c1[2H]. The number of hydrogen-bond donors (Lipinski definition) is 0. The molecule has 45 heavy (non-hydrogen) atoms. The molecule has 8 aromatic carbocycles. The molecule has 0 aliphatic carbocycles. The van der Waals surface area contributed by atoms with Crippen LogP contribution >= 0.6 is 0 Å². The number of fused-ring (bicyclic) bond motifs is 5. The van der Waals surface area contributed by atoms with E-state index in [-0.39, 0.29) is 50.7 Å². The lowest BCUT2D eigenvalue weighted by Crippen LogP contribution is -1.93. The van der Waals surface area contributed by atoms with Gasteiger partial charge in [0, 0.05) is 10.8 Å². The average Bonchev–Trinajstić information content (AvgIpc) is 3.66. The predicted molar refractivity (Wildman–Crippen MR) is 190 cm³/mol. The van der Waals surface area contributed by atoms with Gasteiger partial charge >= 0.3 is 0 Å². The molecular formula is C44H28O. The van der Waals surface area contributed by atoms with Crippen molar-refractivity contribution in [1.82, 2.24) is 0 Å². The van der Waals surface area contributed by atoms with Gasteiger partial charge in [0.1, 0.15) is 11.2 Å². The van der Waals surface area contributed by atoms with Gasteiger partial charge < -0.3 is 4.42 Å². The van der Waals surface area contributed by atoms with Crippen molar-refractivity contribution in [2.24, 2.45) is 0 Å². The van der Waals surface area contributed by atoms with Crippen LogP contribution < -0.4 is 0 Å². The first-order valence-corrected chi connectivity index (χ1v) is 14.1. The van der Waals surface area contributed by atoms with Crippen LogP contribution in [-0.4, -0.2) is 0 Å². The van der Waals surface area contributed by atoms with Gasteiger partial charge in [0.15, 0.2) is 0 Å². The van der Waals surface area contributed by atoms with Gasteiger partial charge in [-0.2, -0.15) is 0 Å². The monoisotopic (exact) mass is 588 g/mol. The highest BCUT2D eigenvalue weighted by atomic mass is 16.3. The maximum Gasteiger partial charge on any atom is 0.136 e. The van der Waals surface area contributed by atoms with Crippen molar-refractivity contribution in [2.75, 3.05) is 0 Å². The fraction of sp³-hybridized carbons (Fsp3) is 0. The number of furan rings is 1. The number of rotatable bonds is 4. The Labute approximate surface area is 284 Å². The van der Waals surface area contributed by atoms with E-state index < -0.39 is 90.2 Å². The Hall–Kier alpha value is -5.92. The van der Waals surface area contributed by atoms with E-state index in [9.17, 15) is 1.37 Å². The molecule has 0 fully saturated rings. The first kappa shape index (κ1) is 14.2. The summed E-state index contributed by atoms with van der Waals surface area (Å²) >= 11 is 0. The maximum absolute atomic E-state index is 9.56. The third-order valence-electron chi connectivity index (χ3n) is 8.03. The van der Waals surface area contributed by atoms with E-state index >= 15 is 0 Å². The Balaban J connectivity index is 1.51. The Bertz CT molecular complexity index is 3330. The summed E-state index contributed by atoms with van der Waals surface area (Å²) < 4.78 is 146. The summed E-state index contributed by atoms with van der Waals surface area (Å²) in [6.07, 6.45) is 0. The van der Waals surface area contributed by atoms with Crippen LogP contribution in [0.3, 0.4) is 0 Å². The smallest absolute Gasteiger partial charge is 0.136 e. The number of hydrogen-bond acceptors (Lipinski definition) is 1. The van der Waals surface area contributed by atoms with Crippen LogP contribution in [0.2, 0.25) is 0 Å². The zero-order chi connectivity index (χ0) is 43.7. The van der Waals surface area contributed by atoms with E-state index in [1.54, 1.807) is 60.7 Å². The summed E-state index contributed by atoms with van der Waals surface area (Å²) in [5, 5.41) is 2.01. The molecule has 0 N–H and O–H groups in total. The van der Waals surface area contributed by atoms with Gasteiger partial charge in [-0.3, -0.25) is 0 Å². The topological polar surface area (TPSA) is 13.1 Å². The van der Waals surface area contributed by atoms with Gasteiger partial charge in [-0.05, 0) is 78.1 Å².